The molecule has 0 aliphatic heterocycles. The van der Waals surface area contributed by atoms with Crippen LogP contribution in [-0.4, -0.2) is 4.98 Å². The summed E-state index contributed by atoms with van der Waals surface area (Å²) in [4.78, 5) is 5.37. The smallest absolute Gasteiger partial charge is 0.123 e. The van der Waals surface area contributed by atoms with Crippen molar-refractivity contribution < 1.29 is 4.39 Å². The van der Waals surface area contributed by atoms with Crippen LogP contribution in [0.15, 0.2) is 152 Å². The number of benzene rings is 7. The first-order valence-electron chi connectivity index (χ1n) is 14.3. The van der Waals surface area contributed by atoms with Gasteiger partial charge in [-0.2, -0.15) is 0 Å². The Morgan fingerprint density at radius 3 is 1.55 bits per heavy atom. The van der Waals surface area contributed by atoms with Crippen molar-refractivity contribution in [3.05, 3.63) is 174 Å². The average molecular weight is 540 g/mol. The van der Waals surface area contributed by atoms with Crippen LogP contribution < -0.4 is 0 Å². The lowest BCUT2D eigenvalue weighted by Crippen LogP contribution is -2.03. The van der Waals surface area contributed by atoms with E-state index in [0.717, 1.165) is 32.9 Å². The van der Waals surface area contributed by atoms with Crippen molar-refractivity contribution >= 4 is 43.2 Å². The van der Waals surface area contributed by atoms with Crippen LogP contribution >= 0.6 is 0 Å². The molecule has 7 aromatic carbocycles. The van der Waals surface area contributed by atoms with Gasteiger partial charge in [0.15, 0.2) is 0 Å². The highest BCUT2D eigenvalue weighted by atomic mass is 19.1. The van der Waals surface area contributed by atoms with Gasteiger partial charge in [0.2, 0.25) is 0 Å². The molecule has 0 fully saturated rings. The van der Waals surface area contributed by atoms with E-state index in [9.17, 15) is 4.39 Å². The molecule has 0 unspecified atom stereocenters. The molecule has 0 aliphatic carbocycles. The van der Waals surface area contributed by atoms with Gasteiger partial charge in [0.1, 0.15) is 5.82 Å². The fraction of sp³-hybridized carbons (Fsp3) is 0.0250. The topological polar surface area (TPSA) is 12.9 Å². The maximum Gasteiger partial charge on any atom is 0.123 e. The average Bonchev–Trinajstić information content (AvgIpc) is 3.06. The van der Waals surface area contributed by atoms with Crippen molar-refractivity contribution in [2.45, 2.75) is 5.92 Å². The SMILES string of the molecule is Fc1ccc(-c2nc3cc(C(c4ccccc4)c4ccccc4)ccc3c3c4ccccc4c4ccccc4c23)cc1. The van der Waals surface area contributed by atoms with Crippen LogP contribution in [0.5, 0.6) is 0 Å². The molecule has 8 aromatic rings. The molecule has 198 valence electrons. The molecule has 0 amide bonds. The zero-order valence-electron chi connectivity index (χ0n) is 22.8. The predicted molar refractivity (Wildman–Crippen MR) is 173 cm³/mol. The second-order valence-electron chi connectivity index (χ2n) is 10.8. The summed E-state index contributed by atoms with van der Waals surface area (Å²) < 4.78 is 14.1. The third-order valence-corrected chi connectivity index (χ3v) is 8.41. The summed E-state index contributed by atoms with van der Waals surface area (Å²) in [5.74, 6) is -0.188. The van der Waals surface area contributed by atoms with Crippen LogP contribution in [-0.2, 0) is 0 Å². The highest BCUT2D eigenvalue weighted by molar-refractivity contribution is 6.33. The lowest BCUT2D eigenvalue weighted by Gasteiger charge is -2.21. The summed E-state index contributed by atoms with van der Waals surface area (Å²) in [5.41, 5.74) is 6.35. The fourth-order valence-electron chi connectivity index (χ4n) is 6.56. The largest absolute Gasteiger partial charge is 0.247 e. The van der Waals surface area contributed by atoms with E-state index in [2.05, 4.69) is 127 Å². The van der Waals surface area contributed by atoms with E-state index in [1.807, 2.05) is 12.1 Å². The van der Waals surface area contributed by atoms with Crippen molar-refractivity contribution in [2.75, 3.05) is 0 Å². The molecule has 42 heavy (non-hydrogen) atoms. The molecular weight excluding hydrogens is 513 g/mol. The number of hydrogen-bond donors (Lipinski definition) is 0. The first-order valence-corrected chi connectivity index (χ1v) is 14.3. The van der Waals surface area contributed by atoms with Crippen molar-refractivity contribution in [1.29, 1.82) is 0 Å². The summed E-state index contributed by atoms with van der Waals surface area (Å²) in [6.45, 7) is 0. The number of hydrogen-bond acceptors (Lipinski definition) is 1. The third kappa shape index (κ3) is 3.95. The highest BCUT2D eigenvalue weighted by Crippen LogP contribution is 2.43. The van der Waals surface area contributed by atoms with Crippen molar-refractivity contribution in [2.24, 2.45) is 0 Å². The third-order valence-electron chi connectivity index (χ3n) is 8.41. The summed E-state index contributed by atoms with van der Waals surface area (Å²) in [6, 6.07) is 51.9. The van der Waals surface area contributed by atoms with Gasteiger partial charge in [0, 0.05) is 27.6 Å². The summed E-state index contributed by atoms with van der Waals surface area (Å²) in [7, 11) is 0. The van der Waals surface area contributed by atoms with Crippen molar-refractivity contribution in [1.82, 2.24) is 4.98 Å². The molecule has 0 aliphatic rings. The van der Waals surface area contributed by atoms with Crippen LogP contribution in [0.2, 0.25) is 0 Å². The summed E-state index contributed by atoms with van der Waals surface area (Å²) in [6.07, 6.45) is 0. The Labute approximate surface area is 243 Å². The van der Waals surface area contributed by atoms with Crippen LogP contribution in [0.25, 0.3) is 54.5 Å². The molecule has 1 heterocycles. The second-order valence-corrected chi connectivity index (χ2v) is 10.8. The summed E-state index contributed by atoms with van der Waals surface area (Å²) in [5, 5.41) is 8.13. The number of fused-ring (bicyclic) bond motifs is 8. The van der Waals surface area contributed by atoms with E-state index in [4.69, 9.17) is 4.98 Å². The van der Waals surface area contributed by atoms with Gasteiger partial charge in [0.25, 0.3) is 0 Å². The lowest BCUT2D eigenvalue weighted by molar-refractivity contribution is 0.628. The van der Waals surface area contributed by atoms with Gasteiger partial charge >= 0.3 is 0 Å². The number of pyridine rings is 1. The maximum atomic E-state index is 14.1. The predicted octanol–water partition coefficient (Wildman–Crippen LogP) is 10.7. The summed E-state index contributed by atoms with van der Waals surface area (Å²) >= 11 is 0. The lowest BCUT2D eigenvalue weighted by atomic mass is 9.84. The number of halogens is 1. The normalized spacial score (nSPS) is 11.7. The van der Waals surface area contributed by atoms with E-state index >= 15 is 0 Å². The van der Waals surface area contributed by atoms with Gasteiger partial charge in [-0.3, -0.25) is 0 Å². The first-order chi connectivity index (χ1) is 20.8. The first kappa shape index (κ1) is 24.5. The van der Waals surface area contributed by atoms with Crippen LogP contribution in [0, 0.1) is 5.82 Å². The molecule has 0 radical (unpaired) electrons. The standard InChI is InChI=1S/C40H26FN/c41-30-22-19-28(20-23-30)40-39-34-18-10-8-16-32(34)31-15-7-9-17-33(31)38(39)35-24-21-29(25-36(35)42-40)37(26-11-3-1-4-12-26)27-13-5-2-6-14-27/h1-25,37H. The zero-order valence-corrected chi connectivity index (χ0v) is 22.8. The Balaban J connectivity index is 1.51. The van der Waals surface area contributed by atoms with E-state index < -0.39 is 0 Å². The monoisotopic (exact) mass is 539 g/mol. The molecule has 1 nitrogen and oxygen atoms in total. The van der Waals surface area contributed by atoms with Crippen LogP contribution in [0.1, 0.15) is 22.6 Å². The van der Waals surface area contributed by atoms with Crippen molar-refractivity contribution in [3.63, 3.8) is 0 Å². The Kier molecular flexibility index (Phi) is 5.79. The van der Waals surface area contributed by atoms with E-state index in [0.29, 0.717) is 0 Å². The molecule has 0 N–H and O–H groups in total. The Bertz CT molecular complexity index is 2200. The molecule has 8 rings (SSSR count). The Morgan fingerprint density at radius 1 is 0.429 bits per heavy atom. The van der Waals surface area contributed by atoms with E-state index in [1.54, 1.807) is 0 Å². The van der Waals surface area contributed by atoms with Gasteiger partial charge in [-0.25, -0.2) is 9.37 Å². The van der Waals surface area contributed by atoms with Gasteiger partial charge in [-0.15, -0.1) is 0 Å². The van der Waals surface area contributed by atoms with Gasteiger partial charge in [0.05, 0.1) is 11.2 Å². The highest BCUT2D eigenvalue weighted by Gasteiger charge is 2.21. The number of rotatable bonds is 4. The minimum atomic E-state index is -0.255. The molecule has 1 aromatic heterocycles. The quantitative estimate of drug-likeness (QED) is 0.160. The van der Waals surface area contributed by atoms with Gasteiger partial charge < -0.3 is 0 Å². The minimum absolute atomic E-state index is 0.0666. The van der Waals surface area contributed by atoms with Gasteiger partial charge in [-0.1, -0.05) is 121 Å². The number of aromatic nitrogens is 1. The van der Waals surface area contributed by atoms with E-state index in [-0.39, 0.29) is 11.7 Å². The second kappa shape index (κ2) is 9.94. The van der Waals surface area contributed by atoms with Gasteiger partial charge in [-0.05, 0) is 68.6 Å². The maximum absolute atomic E-state index is 14.1. The van der Waals surface area contributed by atoms with Crippen molar-refractivity contribution in [3.8, 4) is 11.3 Å². The Morgan fingerprint density at radius 2 is 0.952 bits per heavy atom. The molecule has 0 saturated heterocycles. The molecule has 0 spiro atoms. The minimum Gasteiger partial charge on any atom is -0.247 e. The van der Waals surface area contributed by atoms with Crippen LogP contribution in [0.4, 0.5) is 4.39 Å². The van der Waals surface area contributed by atoms with E-state index in [1.165, 1.54) is 50.4 Å². The molecular formula is C40H26FN. The number of nitrogens with zero attached hydrogens (tertiary/aromatic N) is 1. The molecule has 2 heteroatoms. The van der Waals surface area contributed by atoms with Crippen LogP contribution in [0.3, 0.4) is 0 Å². The Hall–Kier alpha value is -5.34. The molecule has 0 bridgehead atoms. The molecule has 0 saturated carbocycles. The zero-order chi connectivity index (χ0) is 28.0. The molecule has 0 atom stereocenters. The fourth-order valence-corrected chi connectivity index (χ4v) is 6.56.